The van der Waals surface area contributed by atoms with Crippen molar-refractivity contribution in [2.45, 2.75) is 32.6 Å². The first-order valence-corrected chi connectivity index (χ1v) is 11.1. The summed E-state index contributed by atoms with van der Waals surface area (Å²) in [6.07, 6.45) is 7.08. The molecule has 0 atom stereocenters. The fourth-order valence-corrected chi connectivity index (χ4v) is 4.78. The number of nitrogens with zero attached hydrogens (tertiary/aromatic N) is 2. The maximum absolute atomic E-state index is 3.93. The molecule has 1 saturated heterocycles. The number of hydrogen-bond donors (Lipinski definition) is 0. The predicted molar refractivity (Wildman–Crippen MR) is 132 cm³/mol. The number of aryl methyl sites for hydroxylation is 1. The zero-order valence-electron chi connectivity index (χ0n) is 18.3. The van der Waals surface area contributed by atoms with E-state index in [9.17, 15) is 0 Å². The Bertz CT molecular complexity index is 978. The molecule has 0 aliphatic carbocycles. The van der Waals surface area contributed by atoms with E-state index in [0.717, 1.165) is 17.6 Å². The standard InChI is InChI=1S/C28H33N2/c1-4-24-15-19-26(20-16-24)30(21-9-5-6-10-22-30)28-12-8-7-11-27(28)29(3)25-17-13-23(2)14-18-25/h4,7-8,11-20H,1,5-6,9-10,21-22H2,2-3H3/q+1. The van der Waals surface area contributed by atoms with Crippen LogP contribution in [0.5, 0.6) is 0 Å². The zero-order chi connectivity index (χ0) is 21.0. The first kappa shape index (κ1) is 20.4. The summed E-state index contributed by atoms with van der Waals surface area (Å²) in [5.41, 5.74) is 7.76. The molecule has 0 bridgehead atoms. The molecule has 0 amide bonds. The van der Waals surface area contributed by atoms with Crippen molar-refractivity contribution in [3.05, 3.63) is 90.5 Å². The van der Waals surface area contributed by atoms with Crippen LogP contribution in [0.25, 0.3) is 6.08 Å². The Morgan fingerprint density at radius 2 is 1.43 bits per heavy atom. The van der Waals surface area contributed by atoms with Crippen LogP contribution in [0.4, 0.5) is 22.7 Å². The summed E-state index contributed by atoms with van der Waals surface area (Å²) in [7, 11) is 2.19. The predicted octanol–water partition coefficient (Wildman–Crippen LogP) is 7.62. The van der Waals surface area contributed by atoms with Gasteiger partial charge in [0.25, 0.3) is 0 Å². The highest BCUT2D eigenvalue weighted by atomic mass is 15.4. The van der Waals surface area contributed by atoms with Crippen LogP contribution in [-0.2, 0) is 0 Å². The SMILES string of the molecule is C=Cc1ccc([N+]2(c3ccccc3N(C)c3ccc(C)cc3)CCCCCC2)cc1. The normalized spacial score (nSPS) is 15.9. The lowest BCUT2D eigenvalue weighted by Gasteiger charge is -2.39. The van der Waals surface area contributed by atoms with Crippen LogP contribution in [0, 0.1) is 6.92 Å². The Morgan fingerprint density at radius 3 is 2.07 bits per heavy atom. The molecule has 3 aromatic carbocycles. The van der Waals surface area contributed by atoms with Gasteiger partial charge in [-0.1, -0.05) is 42.5 Å². The Hall–Kier alpha value is -2.84. The molecular formula is C28H33N2+. The molecule has 0 saturated carbocycles. The third-order valence-corrected chi connectivity index (χ3v) is 6.58. The molecule has 0 unspecified atom stereocenters. The van der Waals surface area contributed by atoms with Crippen LogP contribution in [0.3, 0.4) is 0 Å². The molecule has 30 heavy (non-hydrogen) atoms. The maximum Gasteiger partial charge on any atom is 0.161 e. The van der Waals surface area contributed by atoms with E-state index in [2.05, 4.69) is 98.2 Å². The Balaban J connectivity index is 1.85. The molecule has 4 rings (SSSR count). The summed E-state index contributed by atoms with van der Waals surface area (Å²) in [4.78, 5) is 2.35. The van der Waals surface area contributed by atoms with Crippen molar-refractivity contribution >= 4 is 28.8 Å². The van der Waals surface area contributed by atoms with Crippen molar-refractivity contribution in [3.63, 3.8) is 0 Å². The van der Waals surface area contributed by atoms with Crippen molar-refractivity contribution in [2.75, 3.05) is 25.0 Å². The summed E-state index contributed by atoms with van der Waals surface area (Å²) >= 11 is 0. The third kappa shape index (κ3) is 3.93. The quantitative estimate of drug-likeness (QED) is 0.400. The van der Waals surface area contributed by atoms with Gasteiger partial charge in [0.15, 0.2) is 5.69 Å². The van der Waals surface area contributed by atoms with E-state index in [0.29, 0.717) is 0 Å². The zero-order valence-corrected chi connectivity index (χ0v) is 18.3. The van der Waals surface area contributed by atoms with Gasteiger partial charge in [-0.05, 0) is 68.5 Å². The van der Waals surface area contributed by atoms with Crippen molar-refractivity contribution in [1.29, 1.82) is 0 Å². The van der Waals surface area contributed by atoms with Crippen LogP contribution in [0.15, 0.2) is 79.4 Å². The minimum absolute atomic E-state index is 0.920. The van der Waals surface area contributed by atoms with Gasteiger partial charge >= 0.3 is 0 Å². The van der Waals surface area contributed by atoms with Crippen LogP contribution in [0.2, 0.25) is 0 Å². The monoisotopic (exact) mass is 397 g/mol. The maximum atomic E-state index is 3.93. The highest BCUT2D eigenvalue weighted by Crippen LogP contribution is 2.44. The average Bonchev–Trinajstić information content (AvgIpc) is 3.06. The summed E-state index contributed by atoms with van der Waals surface area (Å²) < 4.78 is 0.920. The third-order valence-electron chi connectivity index (χ3n) is 6.58. The van der Waals surface area contributed by atoms with Gasteiger partial charge in [-0.3, -0.25) is 4.48 Å². The van der Waals surface area contributed by atoms with Crippen molar-refractivity contribution in [2.24, 2.45) is 0 Å². The molecule has 1 fully saturated rings. The van der Waals surface area contributed by atoms with E-state index >= 15 is 0 Å². The molecule has 0 spiro atoms. The Morgan fingerprint density at radius 1 is 0.800 bits per heavy atom. The van der Waals surface area contributed by atoms with E-state index in [1.165, 1.54) is 59.6 Å². The highest BCUT2D eigenvalue weighted by molar-refractivity contribution is 5.79. The minimum Gasteiger partial charge on any atom is -0.340 e. The number of benzene rings is 3. The van der Waals surface area contributed by atoms with Gasteiger partial charge in [0.05, 0.1) is 13.1 Å². The van der Waals surface area contributed by atoms with Gasteiger partial charge in [0.1, 0.15) is 11.4 Å². The molecule has 1 heterocycles. The molecular weight excluding hydrogens is 364 g/mol. The smallest absolute Gasteiger partial charge is 0.161 e. The molecule has 1 aliphatic rings. The van der Waals surface area contributed by atoms with Crippen LogP contribution < -0.4 is 9.38 Å². The van der Waals surface area contributed by atoms with Crippen LogP contribution >= 0.6 is 0 Å². The first-order chi connectivity index (χ1) is 14.6. The van der Waals surface area contributed by atoms with E-state index in [1.807, 2.05) is 6.08 Å². The topological polar surface area (TPSA) is 3.24 Å². The van der Waals surface area contributed by atoms with Gasteiger partial charge in [-0.25, -0.2) is 0 Å². The summed E-state index contributed by atoms with van der Waals surface area (Å²) in [6, 6.07) is 26.8. The number of quaternary nitrogens is 1. The molecule has 1 aliphatic heterocycles. The van der Waals surface area contributed by atoms with E-state index in [4.69, 9.17) is 0 Å². The summed E-state index contributed by atoms with van der Waals surface area (Å²) in [5.74, 6) is 0. The average molecular weight is 398 g/mol. The second-order valence-electron chi connectivity index (χ2n) is 8.51. The lowest BCUT2D eigenvalue weighted by atomic mass is 10.1. The van der Waals surface area contributed by atoms with Crippen LogP contribution in [-0.4, -0.2) is 20.1 Å². The summed E-state index contributed by atoms with van der Waals surface area (Å²) in [6.45, 7) is 8.36. The molecule has 3 aromatic rings. The second kappa shape index (κ2) is 8.89. The lowest BCUT2D eigenvalue weighted by Crippen LogP contribution is -2.45. The molecule has 154 valence electrons. The largest absolute Gasteiger partial charge is 0.340 e. The van der Waals surface area contributed by atoms with Gasteiger partial charge in [-0.15, -0.1) is 0 Å². The molecule has 2 heteroatoms. The fourth-order valence-electron chi connectivity index (χ4n) is 4.78. The number of rotatable bonds is 5. The van der Waals surface area contributed by atoms with Gasteiger partial charge in [0, 0.05) is 30.9 Å². The number of anilines is 2. The summed E-state index contributed by atoms with van der Waals surface area (Å²) in [5, 5.41) is 0. The first-order valence-electron chi connectivity index (χ1n) is 11.1. The van der Waals surface area contributed by atoms with Crippen molar-refractivity contribution in [3.8, 4) is 0 Å². The minimum atomic E-state index is 0.920. The Labute approximate surface area is 181 Å². The van der Waals surface area contributed by atoms with E-state index in [-0.39, 0.29) is 0 Å². The highest BCUT2D eigenvalue weighted by Gasteiger charge is 2.36. The molecule has 2 nitrogen and oxygen atoms in total. The van der Waals surface area contributed by atoms with E-state index in [1.54, 1.807) is 0 Å². The molecule has 0 N–H and O–H groups in total. The molecule has 0 radical (unpaired) electrons. The van der Waals surface area contributed by atoms with Crippen molar-refractivity contribution < 1.29 is 0 Å². The second-order valence-corrected chi connectivity index (χ2v) is 8.51. The van der Waals surface area contributed by atoms with Gasteiger partial charge in [0.2, 0.25) is 0 Å². The van der Waals surface area contributed by atoms with E-state index < -0.39 is 0 Å². The molecule has 0 aromatic heterocycles. The Kier molecular flexibility index (Phi) is 6.06. The van der Waals surface area contributed by atoms with Crippen LogP contribution in [0.1, 0.15) is 36.8 Å². The van der Waals surface area contributed by atoms with Crippen molar-refractivity contribution in [1.82, 2.24) is 4.48 Å². The fraction of sp³-hybridized carbons (Fsp3) is 0.286. The van der Waals surface area contributed by atoms with Gasteiger partial charge < -0.3 is 4.90 Å². The number of para-hydroxylation sites is 2. The number of hydrogen-bond acceptors (Lipinski definition) is 1. The lowest BCUT2D eigenvalue weighted by molar-refractivity contribution is 0.395. The van der Waals surface area contributed by atoms with Gasteiger partial charge in [-0.2, -0.15) is 0 Å².